The molecule has 1 heterocycles. The average molecular weight is 294 g/mol. The average Bonchev–Trinajstić information content (AvgIpc) is 2.30. The number of amides is 1. The van der Waals surface area contributed by atoms with E-state index in [1.54, 1.807) is 6.20 Å². The summed E-state index contributed by atoms with van der Waals surface area (Å²) < 4.78 is 0. The summed E-state index contributed by atoms with van der Waals surface area (Å²) in [6, 6.07) is 3.91. The van der Waals surface area contributed by atoms with E-state index in [9.17, 15) is 4.79 Å². The fourth-order valence-electron chi connectivity index (χ4n) is 1.45. The number of aromatic nitrogens is 1. The van der Waals surface area contributed by atoms with Crippen LogP contribution < -0.4 is 10.6 Å². The van der Waals surface area contributed by atoms with Gasteiger partial charge in [-0.05, 0) is 25.1 Å². The molecule has 6 heteroatoms. The van der Waals surface area contributed by atoms with Crippen molar-refractivity contribution in [3.63, 3.8) is 0 Å². The molecule has 2 N–H and O–H groups in total. The minimum Gasteiger partial charge on any atom is -0.355 e. The first kappa shape index (κ1) is 19.5. The van der Waals surface area contributed by atoms with Crippen molar-refractivity contribution in [2.45, 2.75) is 13.3 Å². The number of nitrogens with zero attached hydrogens (tertiary/aromatic N) is 1. The summed E-state index contributed by atoms with van der Waals surface area (Å²) in [5.74, 6) is 0.108. The predicted molar refractivity (Wildman–Crippen MR) is 78.5 cm³/mol. The van der Waals surface area contributed by atoms with E-state index in [0.717, 1.165) is 12.0 Å². The number of nitrogens with one attached hydrogen (secondary N) is 2. The number of carbonyl (C=O) groups is 1. The molecule has 1 rings (SSSR count). The van der Waals surface area contributed by atoms with Gasteiger partial charge in [0.1, 0.15) is 0 Å². The molecule has 0 spiro atoms. The Morgan fingerprint density at radius 2 is 2.17 bits per heavy atom. The molecule has 1 amide bonds. The highest BCUT2D eigenvalue weighted by Crippen LogP contribution is 1.96. The first-order valence-corrected chi connectivity index (χ1v) is 5.55. The van der Waals surface area contributed by atoms with Crippen molar-refractivity contribution < 1.29 is 4.79 Å². The molecule has 104 valence electrons. The van der Waals surface area contributed by atoms with Crippen molar-refractivity contribution in [2.24, 2.45) is 5.92 Å². The van der Waals surface area contributed by atoms with Crippen molar-refractivity contribution in [3.8, 4) is 0 Å². The Kier molecular flexibility index (Phi) is 12.2. The van der Waals surface area contributed by atoms with E-state index in [0.29, 0.717) is 13.1 Å². The molecule has 0 aliphatic rings. The van der Waals surface area contributed by atoms with Crippen LogP contribution in [0.4, 0.5) is 0 Å². The number of halogens is 2. The summed E-state index contributed by atoms with van der Waals surface area (Å²) in [4.78, 5) is 15.6. The summed E-state index contributed by atoms with van der Waals surface area (Å²) >= 11 is 0. The van der Waals surface area contributed by atoms with Gasteiger partial charge in [-0.1, -0.05) is 13.0 Å². The topological polar surface area (TPSA) is 54.0 Å². The van der Waals surface area contributed by atoms with E-state index in [-0.39, 0.29) is 36.6 Å². The fraction of sp³-hybridized carbons (Fsp3) is 0.500. The third-order valence-corrected chi connectivity index (χ3v) is 2.39. The summed E-state index contributed by atoms with van der Waals surface area (Å²) in [5.41, 5.74) is 1.14. The lowest BCUT2D eigenvalue weighted by atomic mass is 10.1. The monoisotopic (exact) mass is 293 g/mol. The van der Waals surface area contributed by atoms with Gasteiger partial charge >= 0.3 is 0 Å². The second-order valence-corrected chi connectivity index (χ2v) is 3.86. The normalized spacial score (nSPS) is 10.8. The lowest BCUT2D eigenvalue weighted by Gasteiger charge is -2.11. The van der Waals surface area contributed by atoms with Crippen LogP contribution in [0.1, 0.15) is 12.5 Å². The number of rotatable bonds is 6. The molecule has 1 aromatic heterocycles. The highest BCUT2D eigenvalue weighted by molar-refractivity contribution is 5.85. The van der Waals surface area contributed by atoms with Gasteiger partial charge in [0, 0.05) is 31.4 Å². The van der Waals surface area contributed by atoms with Gasteiger partial charge in [0.2, 0.25) is 5.91 Å². The van der Waals surface area contributed by atoms with E-state index in [4.69, 9.17) is 0 Å². The molecule has 1 aromatic rings. The molecule has 0 radical (unpaired) electrons. The third-order valence-electron chi connectivity index (χ3n) is 2.39. The SMILES string of the molecule is CNCC(C)C(=O)NCCc1cccnc1.Cl.Cl. The van der Waals surface area contributed by atoms with Gasteiger partial charge in [-0.15, -0.1) is 24.8 Å². The van der Waals surface area contributed by atoms with Gasteiger partial charge in [-0.3, -0.25) is 9.78 Å². The van der Waals surface area contributed by atoms with Crippen LogP contribution in [-0.2, 0) is 11.2 Å². The van der Waals surface area contributed by atoms with Gasteiger partial charge in [0.05, 0.1) is 0 Å². The number of pyridine rings is 1. The maximum Gasteiger partial charge on any atom is 0.224 e. The zero-order chi connectivity index (χ0) is 11.8. The number of carbonyl (C=O) groups excluding carboxylic acids is 1. The van der Waals surface area contributed by atoms with E-state index >= 15 is 0 Å². The summed E-state index contributed by atoms with van der Waals surface area (Å²) in [5, 5.41) is 5.89. The molecule has 0 aliphatic carbocycles. The smallest absolute Gasteiger partial charge is 0.224 e. The zero-order valence-electron chi connectivity index (χ0n) is 10.7. The molecule has 1 atom stereocenters. The molecular weight excluding hydrogens is 273 g/mol. The maximum atomic E-state index is 11.6. The van der Waals surface area contributed by atoms with Gasteiger partial charge in [-0.2, -0.15) is 0 Å². The van der Waals surface area contributed by atoms with Crippen molar-refractivity contribution in [1.82, 2.24) is 15.6 Å². The van der Waals surface area contributed by atoms with Gasteiger partial charge in [0.15, 0.2) is 0 Å². The molecule has 0 saturated heterocycles. The maximum absolute atomic E-state index is 11.6. The molecule has 4 nitrogen and oxygen atoms in total. The third kappa shape index (κ3) is 7.48. The predicted octanol–water partition coefficient (Wildman–Crippen LogP) is 1.44. The first-order chi connectivity index (χ1) is 7.74. The quantitative estimate of drug-likeness (QED) is 0.835. The Morgan fingerprint density at radius 3 is 2.72 bits per heavy atom. The highest BCUT2D eigenvalue weighted by Gasteiger charge is 2.10. The molecule has 0 fully saturated rings. The van der Waals surface area contributed by atoms with Gasteiger partial charge in [-0.25, -0.2) is 0 Å². The Morgan fingerprint density at radius 1 is 1.44 bits per heavy atom. The Bertz CT molecular complexity index is 322. The molecule has 18 heavy (non-hydrogen) atoms. The molecular formula is C12H21Cl2N3O. The second-order valence-electron chi connectivity index (χ2n) is 3.86. The van der Waals surface area contributed by atoms with Crippen LogP contribution in [0.3, 0.4) is 0 Å². The Labute approximate surface area is 121 Å². The van der Waals surface area contributed by atoms with Gasteiger partial charge in [0.25, 0.3) is 0 Å². The van der Waals surface area contributed by atoms with E-state index in [2.05, 4.69) is 15.6 Å². The minimum absolute atomic E-state index is 0. The van der Waals surface area contributed by atoms with Gasteiger partial charge < -0.3 is 10.6 Å². The fourth-order valence-corrected chi connectivity index (χ4v) is 1.45. The Hall–Kier alpha value is -0.840. The van der Waals surface area contributed by atoms with E-state index in [1.165, 1.54) is 0 Å². The molecule has 0 aliphatic heterocycles. The van der Waals surface area contributed by atoms with Crippen LogP contribution in [-0.4, -0.2) is 31.0 Å². The highest BCUT2D eigenvalue weighted by atomic mass is 35.5. The molecule has 0 bridgehead atoms. The molecule has 1 unspecified atom stereocenters. The molecule has 0 aromatic carbocycles. The molecule has 0 saturated carbocycles. The summed E-state index contributed by atoms with van der Waals surface area (Å²) in [6.45, 7) is 3.28. The van der Waals surface area contributed by atoms with Crippen molar-refractivity contribution in [3.05, 3.63) is 30.1 Å². The minimum atomic E-state index is 0. The van der Waals surface area contributed by atoms with Crippen molar-refractivity contribution >= 4 is 30.7 Å². The Balaban J connectivity index is 0. The summed E-state index contributed by atoms with van der Waals surface area (Å²) in [6.07, 6.45) is 4.39. The lowest BCUT2D eigenvalue weighted by Crippen LogP contribution is -2.35. The first-order valence-electron chi connectivity index (χ1n) is 5.55. The van der Waals surface area contributed by atoms with Crippen LogP contribution in [0, 0.1) is 5.92 Å². The van der Waals surface area contributed by atoms with E-state index < -0.39 is 0 Å². The largest absolute Gasteiger partial charge is 0.355 e. The van der Waals surface area contributed by atoms with Crippen molar-refractivity contribution in [1.29, 1.82) is 0 Å². The lowest BCUT2D eigenvalue weighted by molar-refractivity contribution is -0.124. The van der Waals surface area contributed by atoms with Crippen LogP contribution in [0.15, 0.2) is 24.5 Å². The zero-order valence-corrected chi connectivity index (χ0v) is 12.3. The van der Waals surface area contributed by atoms with Crippen LogP contribution >= 0.6 is 24.8 Å². The second kappa shape index (κ2) is 11.3. The van der Waals surface area contributed by atoms with Crippen molar-refractivity contribution in [2.75, 3.05) is 20.1 Å². The van der Waals surface area contributed by atoms with Crippen LogP contribution in [0.5, 0.6) is 0 Å². The van der Waals surface area contributed by atoms with Crippen LogP contribution in [0.25, 0.3) is 0 Å². The number of hydrogen-bond donors (Lipinski definition) is 2. The van der Waals surface area contributed by atoms with E-state index in [1.807, 2.05) is 32.3 Å². The standard InChI is InChI=1S/C12H19N3O.2ClH/c1-10(8-13-2)12(16)15-7-5-11-4-3-6-14-9-11;;/h3-4,6,9-10,13H,5,7-8H2,1-2H3,(H,15,16);2*1H. The summed E-state index contributed by atoms with van der Waals surface area (Å²) in [7, 11) is 1.85. The van der Waals surface area contributed by atoms with Crippen LogP contribution in [0.2, 0.25) is 0 Å². The number of hydrogen-bond acceptors (Lipinski definition) is 3.